The third-order valence-electron chi connectivity index (χ3n) is 4.15. The van der Waals surface area contributed by atoms with Gasteiger partial charge in [-0.2, -0.15) is 0 Å². The molecular weight excluding hydrogens is 252 g/mol. The van der Waals surface area contributed by atoms with Crippen LogP contribution in [0.4, 0.5) is 5.69 Å². The minimum Gasteiger partial charge on any atom is -0.409 e. The van der Waals surface area contributed by atoms with Gasteiger partial charge >= 0.3 is 0 Å². The van der Waals surface area contributed by atoms with Crippen molar-refractivity contribution in [3.63, 3.8) is 0 Å². The smallest absolute Gasteiger partial charge is 0.172 e. The first kappa shape index (κ1) is 14.7. The van der Waals surface area contributed by atoms with Crippen LogP contribution in [-0.2, 0) is 0 Å². The highest BCUT2D eigenvalue weighted by Gasteiger charge is 2.23. The van der Waals surface area contributed by atoms with Gasteiger partial charge in [0.15, 0.2) is 5.84 Å². The molecule has 2 rings (SSSR count). The molecule has 0 atom stereocenters. The van der Waals surface area contributed by atoms with Crippen LogP contribution in [0.25, 0.3) is 0 Å². The summed E-state index contributed by atoms with van der Waals surface area (Å²) in [6.45, 7) is 4.23. The van der Waals surface area contributed by atoms with Crippen LogP contribution in [0.1, 0.15) is 24.0 Å². The van der Waals surface area contributed by atoms with Gasteiger partial charge < -0.3 is 20.7 Å². The zero-order chi connectivity index (χ0) is 14.7. The number of nitrogens with two attached hydrogens (primary N) is 1. The fraction of sp³-hybridized carbons (Fsp3) is 0.533. The Hall–Kier alpha value is -1.75. The molecule has 1 aliphatic rings. The number of oxime groups is 1. The highest BCUT2D eigenvalue weighted by atomic mass is 16.4. The zero-order valence-corrected chi connectivity index (χ0v) is 12.5. The van der Waals surface area contributed by atoms with Crippen LogP contribution < -0.4 is 10.6 Å². The molecular formula is C15H24N4O. The molecule has 5 nitrogen and oxygen atoms in total. The Kier molecular flexibility index (Phi) is 4.49. The second-order valence-electron chi connectivity index (χ2n) is 5.65. The van der Waals surface area contributed by atoms with Gasteiger partial charge in [-0.1, -0.05) is 16.8 Å². The summed E-state index contributed by atoms with van der Waals surface area (Å²) in [5.41, 5.74) is 8.75. The summed E-state index contributed by atoms with van der Waals surface area (Å²) in [6, 6.07) is 6.59. The summed E-state index contributed by atoms with van der Waals surface area (Å²) < 4.78 is 0. The van der Waals surface area contributed by atoms with Crippen molar-refractivity contribution in [1.82, 2.24) is 4.90 Å². The van der Waals surface area contributed by atoms with Crippen molar-refractivity contribution >= 4 is 11.5 Å². The average molecular weight is 276 g/mol. The molecule has 0 spiro atoms. The van der Waals surface area contributed by atoms with Crippen LogP contribution in [0.2, 0.25) is 0 Å². The Morgan fingerprint density at radius 3 is 2.65 bits per heavy atom. The van der Waals surface area contributed by atoms with Crippen LogP contribution >= 0.6 is 0 Å². The number of amidine groups is 1. The Labute approximate surface area is 120 Å². The maximum Gasteiger partial charge on any atom is 0.172 e. The van der Waals surface area contributed by atoms with Crippen molar-refractivity contribution < 1.29 is 5.21 Å². The van der Waals surface area contributed by atoms with E-state index in [4.69, 9.17) is 10.9 Å². The van der Waals surface area contributed by atoms with E-state index in [2.05, 4.69) is 41.2 Å². The summed E-state index contributed by atoms with van der Waals surface area (Å²) >= 11 is 0. The number of rotatable bonds is 3. The minimum absolute atomic E-state index is 0.170. The van der Waals surface area contributed by atoms with Gasteiger partial charge in [-0.05, 0) is 52.0 Å². The summed E-state index contributed by atoms with van der Waals surface area (Å²) in [5.74, 6) is 0.170. The monoisotopic (exact) mass is 276 g/mol. The maximum absolute atomic E-state index is 8.97. The zero-order valence-electron chi connectivity index (χ0n) is 12.5. The number of piperidine rings is 1. The average Bonchev–Trinajstić information content (AvgIpc) is 2.46. The number of hydrogen-bond acceptors (Lipinski definition) is 4. The number of aryl methyl sites for hydroxylation is 1. The summed E-state index contributed by atoms with van der Waals surface area (Å²) in [7, 11) is 4.25. The van der Waals surface area contributed by atoms with Crippen molar-refractivity contribution in [1.29, 1.82) is 0 Å². The van der Waals surface area contributed by atoms with E-state index in [-0.39, 0.29) is 5.84 Å². The Morgan fingerprint density at radius 1 is 1.40 bits per heavy atom. The number of nitrogens with zero attached hydrogens (tertiary/aromatic N) is 3. The van der Waals surface area contributed by atoms with Gasteiger partial charge in [-0.15, -0.1) is 0 Å². The lowest BCUT2D eigenvalue weighted by Crippen LogP contribution is -2.42. The molecule has 0 saturated carbocycles. The Morgan fingerprint density at radius 2 is 2.05 bits per heavy atom. The van der Waals surface area contributed by atoms with E-state index >= 15 is 0 Å². The van der Waals surface area contributed by atoms with Crippen molar-refractivity contribution in [3.05, 3.63) is 29.3 Å². The first-order valence-electron chi connectivity index (χ1n) is 7.03. The molecule has 0 bridgehead atoms. The molecule has 20 heavy (non-hydrogen) atoms. The molecule has 0 radical (unpaired) electrons. The molecule has 0 unspecified atom stereocenters. The van der Waals surface area contributed by atoms with Crippen molar-refractivity contribution in [2.45, 2.75) is 25.8 Å². The molecule has 5 heteroatoms. The van der Waals surface area contributed by atoms with Gasteiger partial charge in [0, 0.05) is 24.3 Å². The molecule has 1 aromatic carbocycles. The van der Waals surface area contributed by atoms with E-state index < -0.39 is 0 Å². The molecule has 0 aliphatic carbocycles. The molecule has 1 aliphatic heterocycles. The molecule has 1 saturated heterocycles. The van der Waals surface area contributed by atoms with Gasteiger partial charge in [0.2, 0.25) is 0 Å². The molecule has 3 N–H and O–H groups in total. The van der Waals surface area contributed by atoms with Crippen molar-refractivity contribution in [2.24, 2.45) is 10.9 Å². The third-order valence-corrected chi connectivity index (χ3v) is 4.15. The lowest BCUT2D eigenvalue weighted by atomic mass is 10.0. The number of anilines is 1. The molecule has 1 heterocycles. The largest absolute Gasteiger partial charge is 0.409 e. The van der Waals surface area contributed by atoms with Crippen LogP contribution in [0.15, 0.2) is 23.4 Å². The van der Waals surface area contributed by atoms with Crippen LogP contribution in [0.3, 0.4) is 0 Å². The van der Waals surface area contributed by atoms with E-state index in [1.807, 2.05) is 13.0 Å². The first-order chi connectivity index (χ1) is 9.52. The van der Waals surface area contributed by atoms with E-state index in [0.29, 0.717) is 6.04 Å². The van der Waals surface area contributed by atoms with Crippen LogP contribution in [-0.4, -0.2) is 49.2 Å². The van der Waals surface area contributed by atoms with E-state index in [0.717, 1.165) is 42.7 Å². The first-order valence-corrected chi connectivity index (χ1v) is 7.03. The van der Waals surface area contributed by atoms with Gasteiger partial charge in [-0.3, -0.25) is 0 Å². The predicted molar refractivity (Wildman–Crippen MR) is 82.6 cm³/mol. The summed E-state index contributed by atoms with van der Waals surface area (Å²) in [6.07, 6.45) is 2.27. The lowest BCUT2D eigenvalue weighted by molar-refractivity contribution is 0.253. The molecule has 110 valence electrons. The van der Waals surface area contributed by atoms with Gasteiger partial charge in [0.1, 0.15) is 0 Å². The van der Waals surface area contributed by atoms with E-state index in [1.165, 1.54) is 0 Å². The lowest BCUT2D eigenvalue weighted by Gasteiger charge is -2.37. The van der Waals surface area contributed by atoms with E-state index in [1.54, 1.807) is 0 Å². The number of benzene rings is 1. The molecule has 0 amide bonds. The normalized spacial score (nSPS) is 18.2. The predicted octanol–water partition coefficient (Wildman–Crippen LogP) is 1.62. The standard InChI is InChI=1S/C15H24N4O/c1-11-4-5-14(13(10-11)15(16)17-20)19(3)12-6-8-18(2)9-7-12/h4-5,10,12,20H,6-9H2,1-3H3,(H2,16,17). The quantitative estimate of drug-likeness (QED) is 0.381. The SMILES string of the molecule is Cc1ccc(N(C)C2CCN(C)CC2)c(/C(N)=N/O)c1. The maximum atomic E-state index is 8.97. The second-order valence-corrected chi connectivity index (χ2v) is 5.65. The van der Waals surface area contributed by atoms with Crippen molar-refractivity contribution in [2.75, 3.05) is 32.1 Å². The van der Waals surface area contributed by atoms with Crippen molar-refractivity contribution in [3.8, 4) is 0 Å². The summed E-state index contributed by atoms with van der Waals surface area (Å²) in [5, 5.41) is 12.1. The fourth-order valence-electron chi connectivity index (χ4n) is 2.80. The third kappa shape index (κ3) is 3.04. The van der Waals surface area contributed by atoms with Crippen LogP contribution in [0, 0.1) is 6.92 Å². The number of likely N-dealkylation sites (tertiary alicyclic amines) is 1. The minimum atomic E-state index is 0.170. The highest BCUT2D eigenvalue weighted by molar-refractivity contribution is 6.02. The summed E-state index contributed by atoms with van der Waals surface area (Å²) in [4.78, 5) is 4.61. The fourth-order valence-corrected chi connectivity index (χ4v) is 2.80. The highest BCUT2D eigenvalue weighted by Crippen LogP contribution is 2.26. The second kappa shape index (κ2) is 6.13. The van der Waals surface area contributed by atoms with Gasteiger partial charge in [0.25, 0.3) is 0 Å². The van der Waals surface area contributed by atoms with Gasteiger partial charge in [-0.25, -0.2) is 0 Å². The number of hydrogen-bond donors (Lipinski definition) is 2. The van der Waals surface area contributed by atoms with E-state index in [9.17, 15) is 0 Å². The van der Waals surface area contributed by atoms with Crippen LogP contribution in [0.5, 0.6) is 0 Å². The van der Waals surface area contributed by atoms with Gasteiger partial charge in [0.05, 0.1) is 0 Å². The Balaban J connectivity index is 2.27. The Bertz CT molecular complexity index is 493. The molecule has 1 aromatic rings. The molecule has 1 fully saturated rings. The molecule has 0 aromatic heterocycles. The topological polar surface area (TPSA) is 65.1 Å².